The Balaban J connectivity index is 1.51. The van der Waals surface area contributed by atoms with E-state index in [0.717, 1.165) is 25.7 Å². The number of aliphatic imine (C=N–C) groups is 1. The largest absolute Gasteiger partial charge is 0.402 e. The maximum Gasteiger partial charge on any atom is 0.402 e. The quantitative estimate of drug-likeness (QED) is 0.493. The summed E-state index contributed by atoms with van der Waals surface area (Å²) in [5, 5.41) is 8.18. The van der Waals surface area contributed by atoms with Gasteiger partial charge in [0.15, 0.2) is 5.82 Å². The number of hydrogen-bond donors (Lipinski definition) is 2. The monoisotopic (exact) mass is 522 g/mol. The average Bonchev–Trinajstić information content (AvgIpc) is 3.28. The van der Waals surface area contributed by atoms with E-state index in [1.807, 2.05) is 10.9 Å². The van der Waals surface area contributed by atoms with Crippen LogP contribution in [-0.2, 0) is 16.6 Å². The second-order valence-electron chi connectivity index (χ2n) is 9.12. The number of alkyl halides is 3. The van der Waals surface area contributed by atoms with E-state index in [4.69, 9.17) is 5.10 Å². The van der Waals surface area contributed by atoms with E-state index in [1.165, 1.54) is 18.2 Å². The number of sulfonamides is 1. The second kappa shape index (κ2) is 9.04. The molecular weight excluding hydrogens is 497 g/mol. The summed E-state index contributed by atoms with van der Waals surface area (Å²) in [6.07, 6.45) is 2.79. The van der Waals surface area contributed by atoms with Crippen LogP contribution in [0.1, 0.15) is 37.3 Å². The van der Waals surface area contributed by atoms with Gasteiger partial charge in [-0.3, -0.25) is 9.48 Å². The molecule has 2 atom stereocenters. The van der Waals surface area contributed by atoms with Gasteiger partial charge in [-0.1, -0.05) is 12.8 Å². The van der Waals surface area contributed by atoms with Gasteiger partial charge in [0.25, 0.3) is 5.56 Å². The van der Waals surface area contributed by atoms with Crippen molar-refractivity contribution in [2.75, 3.05) is 18.9 Å². The van der Waals surface area contributed by atoms with Crippen LogP contribution >= 0.6 is 0 Å². The Labute approximate surface area is 205 Å². The average molecular weight is 523 g/mol. The Morgan fingerprint density at radius 1 is 1.25 bits per heavy atom. The van der Waals surface area contributed by atoms with Crippen LogP contribution in [0, 0.1) is 5.92 Å². The molecule has 2 aromatic heterocycles. The van der Waals surface area contributed by atoms with E-state index in [1.54, 1.807) is 19.3 Å². The van der Waals surface area contributed by atoms with Crippen molar-refractivity contribution in [3.63, 3.8) is 0 Å². The Morgan fingerprint density at radius 2 is 2.03 bits per heavy atom. The number of hydrogen-bond acceptors (Lipinski definition) is 6. The van der Waals surface area contributed by atoms with Crippen molar-refractivity contribution in [1.82, 2.24) is 19.1 Å². The first-order chi connectivity index (χ1) is 17.1. The van der Waals surface area contributed by atoms with Gasteiger partial charge in [-0.15, -0.1) is 0 Å². The number of aromatic amines is 1. The molecule has 13 heteroatoms. The first kappa shape index (κ1) is 24.5. The fraction of sp³-hybridized carbons (Fsp3) is 0.435. The molecule has 0 radical (unpaired) electrons. The van der Waals surface area contributed by atoms with Crippen molar-refractivity contribution >= 4 is 38.6 Å². The summed E-state index contributed by atoms with van der Waals surface area (Å²) in [7, 11) is -2.50. The van der Waals surface area contributed by atoms with Crippen LogP contribution in [0.15, 0.2) is 45.1 Å². The number of rotatable bonds is 5. The van der Waals surface area contributed by atoms with Crippen LogP contribution < -0.4 is 10.9 Å². The Morgan fingerprint density at radius 3 is 2.78 bits per heavy atom. The molecular formula is C23H25F3N6O3S. The number of halogens is 3. The minimum atomic E-state index is -4.65. The van der Waals surface area contributed by atoms with Gasteiger partial charge >= 0.3 is 6.18 Å². The number of benzene rings is 1. The summed E-state index contributed by atoms with van der Waals surface area (Å²) in [4.78, 5) is 19.5. The molecule has 192 valence electrons. The number of fused-ring (bicyclic) bond motifs is 2. The predicted octanol–water partition coefficient (Wildman–Crippen LogP) is 3.97. The van der Waals surface area contributed by atoms with E-state index in [2.05, 4.69) is 15.3 Å². The zero-order valence-corrected chi connectivity index (χ0v) is 20.2. The molecule has 0 spiro atoms. The Bertz CT molecular complexity index is 1490. The minimum Gasteiger partial charge on any atom is -0.338 e. The summed E-state index contributed by atoms with van der Waals surface area (Å²) in [6.45, 7) is -1.94. The standard InChI is InChI=1S/C23H25F3N6O3S/c1-27-11-14-4-2-3-5-17(14)32-18-8-9-28-22(33)20(18)21(30-32)29-16-6-7-19-15(10-16)12-31(36(19,34)35)13-23(24,25)26/h6-11,14,17H,2-5,12-13H2,1H3,(H,28,33)(H,29,30)/b27-11-/t14?,17-/m0/s1. The van der Waals surface area contributed by atoms with Gasteiger partial charge < -0.3 is 15.3 Å². The molecule has 1 aliphatic carbocycles. The van der Waals surface area contributed by atoms with Crippen LogP contribution in [0.3, 0.4) is 0 Å². The second-order valence-corrected chi connectivity index (χ2v) is 11.0. The summed E-state index contributed by atoms with van der Waals surface area (Å²) in [6, 6.07) is 6.03. The van der Waals surface area contributed by atoms with Gasteiger partial charge in [0.1, 0.15) is 11.9 Å². The van der Waals surface area contributed by atoms with E-state index in [9.17, 15) is 26.4 Å². The minimum absolute atomic E-state index is 0.0170. The molecule has 9 nitrogen and oxygen atoms in total. The number of aromatic nitrogens is 3. The van der Waals surface area contributed by atoms with Crippen LogP contribution in [0.25, 0.3) is 10.9 Å². The van der Waals surface area contributed by atoms with Gasteiger partial charge in [0, 0.05) is 37.6 Å². The molecule has 5 rings (SSSR count). The zero-order valence-electron chi connectivity index (χ0n) is 19.4. The topological polar surface area (TPSA) is 112 Å². The van der Waals surface area contributed by atoms with E-state index >= 15 is 0 Å². The van der Waals surface area contributed by atoms with Gasteiger partial charge in [0.05, 0.1) is 16.5 Å². The summed E-state index contributed by atoms with van der Waals surface area (Å²) in [5.74, 6) is 0.460. The highest BCUT2D eigenvalue weighted by atomic mass is 32.2. The van der Waals surface area contributed by atoms with Crippen LogP contribution in [-0.4, -0.2) is 53.5 Å². The lowest BCUT2D eigenvalue weighted by Gasteiger charge is -2.29. The third kappa shape index (κ3) is 4.41. The summed E-state index contributed by atoms with van der Waals surface area (Å²) in [5.41, 5.74) is 0.983. The van der Waals surface area contributed by atoms with Gasteiger partial charge in [0.2, 0.25) is 10.0 Å². The highest BCUT2D eigenvalue weighted by Crippen LogP contribution is 2.38. The number of anilines is 2. The normalized spacial score (nSPS) is 22.3. The molecule has 2 N–H and O–H groups in total. The summed E-state index contributed by atoms with van der Waals surface area (Å²) >= 11 is 0. The van der Waals surface area contributed by atoms with Crippen molar-refractivity contribution < 1.29 is 21.6 Å². The smallest absolute Gasteiger partial charge is 0.338 e. The third-order valence-corrected chi connectivity index (χ3v) is 8.60. The van der Waals surface area contributed by atoms with Crippen molar-refractivity contribution in [2.45, 2.75) is 49.3 Å². The first-order valence-corrected chi connectivity index (χ1v) is 13.0. The van der Waals surface area contributed by atoms with Crippen molar-refractivity contribution in [2.24, 2.45) is 10.9 Å². The van der Waals surface area contributed by atoms with Crippen LogP contribution in [0.4, 0.5) is 24.7 Å². The maximum atomic E-state index is 12.9. The number of H-pyrrole nitrogens is 1. The van der Waals surface area contributed by atoms with Crippen molar-refractivity contribution in [1.29, 1.82) is 0 Å². The predicted molar refractivity (Wildman–Crippen MR) is 129 cm³/mol. The molecule has 2 aliphatic rings. The highest BCUT2D eigenvalue weighted by molar-refractivity contribution is 7.89. The van der Waals surface area contributed by atoms with E-state index < -0.39 is 22.7 Å². The molecule has 0 saturated heterocycles. The van der Waals surface area contributed by atoms with Crippen molar-refractivity contribution in [3.05, 3.63) is 46.4 Å². The lowest BCUT2D eigenvalue weighted by atomic mass is 9.85. The molecule has 1 unspecified atom stereocenters. The number of nitrogens with zero attached hydrogens (tertiary/aromatic N) is 4. The molecule has 1 aliphatic heterocycles. The third-order valence-electron chi connectivity index (χ3n) is 6.71. The van der Waals surface area contributed by atoms with Gasteiger partial charge in [-0.2, -0.15) is 22.6 Å². The molecule has 0 bridgehead atoms. The van der Waals surface area contributed by atoms with Gasteiger partial charge in [-0.25, -0.2) is 8.42 Å². The molecule has 1 aromatic carbocycles. The van der Waals surface area contributed by atoms with Crippen LogP contribution in [0.2, 0.25) is 0 Å². The van der Waals surface area contributed by atoms with E-state index in [-0.39, 0.29) is 40.3 Å². The molecule has 1 saturated carbocycles. The maximum absolute atomic E-state index is 12.9. The van der Waals surface area contributed by atoms with E-state index in [0.29, 0.717) is 20.9 Å². The molecule has 3 heterocycles. The highest BCUT2D eigenvalue weighted by Gasteiger charge is 2.42. The lowest BCUT2D eigenvalue weighted by molar-refractivity contribution is -0.136. The molecule has 0 amide bonds. The first-order valence-electron chi connectivity index (χ1n) is 11.6. The zero-order chi connectivity index (χ0) is 25.7. The number of nitrogens with one attached hydrogen (secondary N) is 2. The fourth-order valence-corrected chi connectivity index (χ4v) is 6.77. The Hall–Kier alpha value is -3.19. The van der Waals surface area contributed by atoms with Crippen molar-refractivity contribution in [3.8, 4) is 0 Å². The van der Waals surface area contributed by atoms with Gasteiger partial charge in [-0.05, 0) is 42.7 Å². The fourth-order valence-electron chi connectivity index (χ4n) is 5.17. The molecule has 3 aromatic rings. The molecule has 36 heavy (non-hydrogen) atoms. The molecule has 1 fully saturated rings. The Kier molecular flexibility index (Phi) is 6.15. The number of pyridine rings is 1. The van der Waals surface area contributed by atoms with Crippen LogP contribution in [0.5, 0.6) is 0 Å². The summed E-state index contributed by atoms with van der Waals surface area (Å²) < 4.78 is 66.0. The SMILES string of the molecule is C/N=C\C1CCCC[C@@H]1n1nc(Nc2ccc3c(c2)CN(CC(F)(F)F)S3(=O)=O)c2c(=O)[nH]ccc21. The lowest BCUT2D eigenvalue weighted by Crippen LogP contribution is -2.34.